The van der Waals surface area contributed by atoms with Crippen LogP contribution >= 0.6 is 6.64 Å². The molecule has 1 saturated carbocycles. The van der Waals surface area contributed by atoms with Crippen molar-refractivity contribution in [2.45, 2.75) is 59.8 Å². The Balaban J connectivity index is 2.58. The van der Waals surface area contributed by atoms with E-state index < -0.39 is 6.64 Å². The van der Waals surface area contributed by atoms with Gasteiger partial charge >= 0.3 is 6.64 Å². The van der Waals surface area contributed by atoms with Crippen LogP contribution in [0, 0.1) is 11.3 Å². The SMILES string of the molecule is CCOP(=S)(NN=CC(C)(C)C1CCCCC1)OCC. The molecule has 0 aliphatic heterocycles. The Bertz CT molecular complexity index is 345. The second-order valence-electron chi connectivity index (χ2n) is 5.85. The zero-order chi connectivity index (χ0) is 15.1. The van der Waals surface area contributed by atoms with Gasteiger partial charge in [0.1, 0.15) is 0 Å². The first-order chi connectivity index (χ1) is 9.43. The minimum Gasteiger partial charge on any atom is -0.313 e. The standard InChI is InChI=1S/C14H29N2O2PS/c1-5-17-19(20,18-6-2)16-15-12-14(3,4)13-10-8-7-9-11-13/h12-13H,5-11H2,1-4H3,(H,16,20). The van der Waals surface area contributed by atoms with Gasteiger partial charge in [-0.3, -0.25) is 0 Å². The van der Waals surface area contributed by atoms with Gasteiger partial charge in [0.2, 0.25) is 0 Å². The van der Waals surface area contributed by atoms with Gasteiger partial charge in [-0.25, -0.2) is 5.20 Å². The van der Waals surface area contributed by atoms with E-state index in [1.165, 1.54) is 32.1 Å². The van der Waals surface area contributed by atoms with Crippen LogP contribution in [0.2, 0.25) is 0 Å². The fourth-order valence-electron chi connectivity index (χ4n) is 2.65. The highest BCUT2D eigenvalue weighted by molar-refractivity contribution is 8.08. The number of hydrogen-bond donors (Lipinski definition) is 1. The Labute approximate surface area is 128 Å². The maximum Gasteiger partial charge on any atom is 0.303 e. The van der Waals surface area contributed by atoms with Crippen LogP contribution in [-0.2, 0) is 20.9 Å². The summed E-state index contributed by atoms with van der Waals surface area (Å²) in [5.74, 6) is 0.707. The molecule has 0 heterocycles. The summed E-state index contributed by atoms with van der Waals surface area (Å²) in [5.41, 5.74) is 0.0893. The van der Waals surface area contributed by atoms with Crippen LogP contribution in [0.1, 0.15) is 59.8 Å². The van der Waals surface area contributed by atoms with E-state index in [2.05, 4.69) is 24.1 Å². The number of nitrogens with one attached hydrogen (secondary N) is 1. The fraction of sp³-hybridized carbons (Fsp3) is 0.929. The largest absolute Gasteiger partial charge is 0.313 e. The smallest absolute Gasteiger partial charge is 0.303 e. The predicted molar refractivity (Wildman–Crippen MR) is 89.5 cm³/mol. The van der Waals surface area contributed by atoms with Crippen LogP contribution in [0.25, 0.3) is 0 Å². The monoisotopic (exact) mass is 320 g/mol. The van der Waals surface area contributed by atoms with Crippen molar-refractivity contribution in [2.24, 2.45) is 16.4 Å². The summed E-state index contributed by atoms with van der Waals surface area (Å²) in [6, 6.07) is 0. The second-order valence-corrected chi connectivity index (χ2v) is 9.00. The van der Waals surface area contributed by atoms with E-state index in [0.717, 1.165) is 0 Å². The zero-order valence-corrected chi connectivity index (χ0v) is 14.9. The van der Waals surface area contributed by atoms with Gasteiger partial charge in [0, 0.05) is 11.6 Å². The van der Waals surface area contributed by atoms with Crippen LogP contribution in [0.15, 0.2) is 5.10 Å². The first-order valence-corrected chi connectivity index (χ1v) is 10.3. The Hall–Kier alpha value is 0.0400. The van der Waals surface area contributed by atoms with E-state index in [9.17, 15) is 0 Å². The second kappa shape index (κ2) is 8.47. The van der Waals surface area contributed by atoms with E-state index in [0.29, 0.717) is 19.1 Å². The summed E-state index contributed by atoms with van der Waals surface area (Å²) in [6.45, 7) is 6.93. The van der Waals surface area contributed by atoms with E-state index in [4.69, 9.17) is 20.9 Å². The lowest BCUT2D eigenvalue weighted by Crippen LogP contribution is -2.28. The normalized spacial score (nSPS) is 18.6. The van der Waals surface area contributed by atoms with E-state index >= 15 is 0 Å². The average molecular weight is 320 g/mol. The average Bonchev–Trinajstić information content (AvgIpc) is 2.40. The van der Waals surface area contributed by atoms with Crippen molar-refractivity contribution in [1.29, 1.82) is 0 Å². The van der Waals surface area contributed by atoms with Crippen molar-refractivity contribution < 1.29 is 9.05 Å². The van der Waals surface area contributed by atoms with Gasteiger partial charge in [-0.15, -0.1) is 0 Å². The third-order valence-corrected chi connectivity index (χ3v) is 6.27. The first-order valence-electron chi connectivity index (χ1n) is 7.64. The van der Waals surface area contributed by atoms with Crippen molar-refractivity contribution >= 4 is 24.7 Å². The van der Waals surface area contributed by atoms with Crippen molar-refractivity contribution in [3.63, 3.8) is 0 Å². The quantitative estimate of drug-likeness (QED) is 0.407. The van der Waals surface area contributed by atoms with Gasteiger partial charge in [0.05, 0.1) is 13.2 Å². The van der Waals surface area contributed by atoms with Crippen molar-refractivity contribution in [3.05, 3.63) is 0 Å². The number of hydrogen-bond acceptors (Lipinski definition) is 4. The lowest BCUT2D eigenvalue weighted by Gasteiger charge is -2.34. The van der Waals surface area contributed by atoms with Gasteiger partial charge in [-0.2, -0.15) is 5.10 Å². The van der Waals surface area contributed by atoms with E-state index in [1.807, 2.05) is 20.1 Å². The van der Waals surface area contributed by atoms with Crippen molar-refractivity contribution in [3.8, 4) is 0 Å². The molecule has 0 aromatic rings. The highest BCUT2D eigenvalue weighted by atomic mass is 32.5. The maximum absolute atomic E-state index is 5.51. The molecule has 0 amide bonds. The predicted octanol–water partition coefficient (Wildman–Crippen LogP) is 4.47. The molecule has 1 aliphatic carbocycles. The first kappa shape index (κ1) is 18.1. The molecule has 0 radical (unpaired) electrons. The number of hydrazone groups is 1. The summed E-state index contributed by atoms with van der Waals surface area (Å²) < 4.78 is 11.0. The van der Waals surface area contributed by atoms with Gasteiger partial charge in [-0.05, 0) is 44.4 Å². The Morgan fingerprint density at radius 1 is 1.20 bits per heavy atom. The molecule has 0 bridgehead atoms. The Kier molecular flexibility index (Phi) is 7.67. The van der Waals surface area contributed by atoms with Crippen LogP contribution in [0.3, 0.4) is 0 Å². The minimum atomic E-state index is -2.46. The lowest BCUT2D eigenvalue weighted by molar-refractivity contribution is 0.233. The number of rotatable bonds is 8. The van der Waals surface area contributed by atoms with Crippen molar-refractivity contribution in [2.75, 3.05) is 13.2 Å². The van der Waals surface area contributed by atoms with E-state index in [-0.39, 0.29) is 5.41 Å². The van der Waals surface area contributed by atoms with Gasteiger partial charge in [0.25, 0.3) is 0 Å². The summed E-state index contributed by atoms with van der Waals surface area (Å²) in [4.78, 5) is 0. The third-order valence-electron chi connectivity index (χ3n) is 3.83. The van der Waals surface area contributed by atoms with Crippen LogP contribution in [-0.4, -0.2) is 19.4 Å². The molecule has 6 heteroatoms. The highest BCUT2D eigenvalue weighted by Crippen LogP contribution is 2.44. The molecule has 4 nitrogen and oxygen atoms in total. The summed E-state index contributed by atoms with van der Waals surface area (Å²) >= 11 is 5.39. The zero-order valence-electron chi connectivity index (χ0n) is 13.2. The molecule has 0 atom stereocenters. The minimum absolute atomic E-state index is 0.0893. The van der Waals surface area contributed by atoms with Crippen molar-refractivity contribution in [1.82, 2.24) is 5.20 Å². The molecule has 0 aromatic carbocycles. The Morgan fingerprint density at radius 2 is 1.75 bits per heavy atom. The van der Waals surface area contributed by atoms with Crippen LogP contribution in [0.4, 0.5) is 0 Å². The molecular weight excluding hydrogens is 291 g/mol. The topological polar surface area (TPSA) is 42.8 Å². The molecule has 1 N–H and O–H groups in total. The molecule has 1 fully saturated rings. The summed E-state index contributed by atoms with van der Waals surface area (Å²) in [5, 5.41) is 7.29. The maximum atomic E-state index is 5.51. The van der Waals surface area contributed by atoms with E-state index in [1.54, 1.807) is 0 Å². The van der Waals surface area contributed by atoms with Gasteiger partial charge < -0.3 is 9.05 Å². The fourth-order valence-corrected chi connectivity index (χ4v) is 4.50. The molecule has 0 unspecified atom stereocenters. The van der Waals surface area contributed by atoms with Gasteiger partial charge in [-0.1, -0.05) is 33.1 Å². The lowest BCUT2D eigenvalue weighted by atomic mass is 9.72. The molecule has 0 saturated heterocycles. The molecule has 118 valence electrons. The summed E-state index contributed by atoms with van der Waals surface area (Å²) in [6.07, 6.45) is 8.63. The Morgan fingerprint density at radius 3 is 2.25 bits per heavy atom. The highest BCUT2D eigenvalue weighted by Gasteiger charge is 2.29. The van der Waals surface area contributed by atoms with Crippen LogP contribution < -0.4 is 5.20 Å². The molecule has 1 aliphatic rings. The summed E-state index contributed by atoms with van der Waals surface area (Å²) in [7, 11) is 0. The van der Waals surface area contributed by atoms with Gasteiger partial charge in [0.15, 0.2) is 0 Å². The van der Waals surface area contributed by atoms with Crippen LogP contribution in [0.5, 0.6) is 0 Å². The molecular formula is C14H29N2O2PS. The number of nitrogens with zero attached hydrogens (tertiary/aromatic N) is 1. The molecule has 20 heavy (non-hydrogen) atoms. The molecule has 0 aromatic heterocycles. The molecule has 0 spiro atoms. The molecule has 1 rings (SSSR count). The third kappa shape index (κ3) is 5.80.